The molecular weight excluding hydrogens is 510 g/mol. The summed E-state index contributed by atoms with van der Waals surface area (Å²) in [7, 11) is 0. The molecule has 1 saturated heterocycles. The van der Waals surface area contributed by atoms with Gasteiger partial charge in [-0.2, -0.15) is 15.0 Å². The number of hydrogen-bond acceptors (Lipinski definition) is 7. The molecule has 10 heteroatoms. The van der Waals surface area contributed by atoms with Crippen LogP contribution < -0.4 is 4.90 Å². The van der Waals surface area contributed by atoms with Gasteiger partial charge in [0.15, 0.2) is 0 Å². The molecule has 2 atom stereocenters. The van der Waals surface area contributed by atoms with Crippen LogP contribution in [0.2, 0.25) is 0 Å². The summed E-state index contributed by atoms with van der Waals surface area (Å²) in [5.41, 5.74) is 3.40. The molecule has 4 heterocycles. The van der Waals surface area contributed by atoms with Crippen molar-refractivity contribution in [3.63, 3.8) is 0 Å². The lowest BCUT2D eigenvalue weighted by Gasteiger charge is -2.43. The lowest BCUT2D eigenvalue weighted by atomic mass is 9.93. The fourth-order valence-electron chi connectivity index (χ4n) is 6.01. The lowest BCUT2D eigenvalue weighted by molar-refractivity contribution is -0.134. The van der Waals surface area contributed by atoms with Crippen molar-refractivity contribution in [2.45, 2.75) is 64.3 Å². The first-order valence-electron chi connectivity index (χ1n) is 13.6. The number of thiazole rings is 1. The topological polar surface area (TPSA) is 87.5 Å². The Morgan fingerprint density at radius 1 is 0.974 bits per heavy atom. The van der Waals surface area contributed by atoms with Crippen molar-refractivity contribution in [1.82, 2.24) is 29.8 Å². The molecule has 2 aromatic carbocycles. The van der Waals surface area contributed by atoms with Crippen LogP contribution in [0.4, 0.5) is 5.69 Å². The number of benzene rings is 2. The highest BCUT2D eigenvalue weighted by atomic mass is 32.1. The molecule has 0 radical (unpaired) electrons. The Morgan fingerprint density at radius 2 is 1.72 bits per heavy atom. The zero-order valence-electron chi connectivity index (χ0n) is 22.1. The summed E-state index contributed by atoms with van der Waals surface area (Å²) in [5, 5.41) is 12.2. The molecule has 39 heavy (non-hydrogen) atoms. The molecule has 2 bridgehead atoms. The van der Waals surface area contributed by atoms with Crippen molar-refractivity contribution in [2.75, 3.05) is 18.0 Å². The van der Waals surface area contributed by atoms with Gasteiger partial charge in [0, 0.05) is 55.9 Å². The monoisotopic (exact) mass is 543 g/mol. The van der Waals surface area contributed by atoms with E-state index in [9.17, 15) is 9.59 Å². The van der Waals surface area contributed by atoms with Crippen LogP contribution in [-0.2, 0) is 29.2 Å². The summed E-state index contributed by atoms with van der Waals surface area (Å²) in [6.45, 7) is 4.13. The quantitative estimate of drug-likeness (QED) is 0.385. The summed E-state index contributed by atoms with van der Waals surface area (Å²) >= 11 is 1.67. The Kier molecular flexibility index (Phi) is 7.38. The molecule has 2 aromatic heterocycles. The predicted octanol–water partition coefficient (Wildman–Crippen LogP) is 4.10. The molecule has 0 N–H and O–H groups in total. The molecule has 2 amide bonds. The maximum atomic E-state index is 13.9. The highest BCUT2D eigenvalue weighted by Crippen LogP contribution is 2.32. The lowest BCUT2D eigenvalue weighted by Crippen LogP contribution is -2.52. The predicted molar refractivity (Wildman–Crippen MR) is 151 cm³/mol. The van der Waals surface area contributed by atoms with E-state index in [0.29, 0.717) is 25.7 Å². The molecule has 6 rings (SSSR count). The highest BCUT2D eigenvalue weighted by molar-refractivity contribution is 7.09. The standard InChI is InChI=1S/C29H33N7O2S/c1-21(37)34-15-13-23-8-6-9-24(35(23)19-28-30-14-16-39-28)18-33(17-22-7-2-5-12-27(22)34)29(38)20-36-31-25-10-3-4-11-26(25)32-36/h2-5,7,10-12,14,16,23-24H,6,8-9,13,15,17-20H2,1H3. The first-order valence-corrected chi connectivity index (χ1v) is 14.5. The van der Waals surface area contributed by atoms with Gasteiger partial charge in [0.05, 0.1) is 6.54 Å². The van der Waals surface area contributed by atoms with E-state index in [1.807, 2.05) is 69.9 Å². The Bertz CT molecular complexity index is 1420. The third-order valence-corrected chi connectivity index (χ3v) is 8.68. The van der Waals surface area contributed by atoms with Crippen molar-refractivity contribution in [3.8, 4) is 0 Å². The number of aromatic nitrogens is 4. The number of hydrogen-bond donors (Lipinski definition) is 0. The van der Waals surface area contributed by atoms with Crippen molar-refractivity contribution < 1.29 is 9.59 Å². The number of amides is 2. The maximum Gasteiger partial charge on any atom is 0.246 e. The second-order valence-electron chi connectivity index (χ2n) is 10.4. The van der Waals surface area contributed by atoms with Gasteiger partial charge in [0.1, 0.15) is 22.6 Å². The molecule has 0 saturated carbocycles. The van der Waals surface area contributed by atoms with Crippen molar-refractivity contribution in [2.24, 2.45) is 0 Å². The van der Waals surface area contributed by atoms with Crippen LogP contribution in [0.5, 0.6) is 0 Å². The number of anilines is 1. The summed E-state index contributed by atoms with van der Waals surface area (Å²) < 4.78 is 0. The van der Waals surface area contributed by atoms with Gasteiger partial charge >= 0.3 is 0 Å². The Hall–Kier alpha value is -3.63. The Labute approximate surface area is 232 Å². The molecule has 9 nitrogen and oxygen atoms in total. The minimum Gasteiger partial charge on any atom is -0.335 e. The van der Waals surface area contributed by atoms with Crippen LogP contribution in [0.15, 0.2) is 60.1 Å². The van der Waals surface area contributed by atoms with Gasteiger partial charge in [-0.25, -0.2) is 4.98 Å². The number of fused-ring (bicyclic) bond motifs is 4. The minimum atomic E-state index is -0.0324. The highest BCUT2D eigenvalue weighted by Gasteiger charge is 2.35. The molecule has 4 aromatic rings. The Balaban J connectivity index is 1.36. The van der Waals surface area contributed by atoms with Gasteiger partial charge < -0.3 is 9.80 Å². The Morgan fingerprint density at radius 3 is 2.46 bits per heavy atom. The smallest absolute Gasteiger partial charge is 0.246 e. The van der Waals surface area contributed by atoms with Crippen LogP contribution in [0.3, 0.4) is 0 Å². The largest absolute Gasteiger partial charge is 0.335 e. The van der Waals surface area contributed by atoms with Crippen LogP contribution >= 0.6 is 11.3 Å². The molecule has 2 aliphatic heterocycles. The minimum absolute atomic E-state index is 0.0193. The van der Waals surface area contributed by atoms with Crippen molar-refractivity contribution in [3.05, 3.63) is 70.7 Å². The summed E-state index contributed by atoms with van der Waals surface area (Å²) in [4.78, 5) is 39.2. The molecule has 0 spiro atoms. The molecule has 202 valence electrons. The second-order valence-corrected chi connectivity index (χ2v) is 11.4. The van der Waals surface area contributed by atoms with E-state index in [2.05, 4.69) is 20.1 Å². The number of nitrogens with zero attached hydrogens (tertiary/aromatic N) is 7. The van der Waals surface area contributed by atoms with Gasteiger partial charge in [-0.15, -0.1) is 11.3 Å². The van der Waals surface area contributed by atoms with E-state index < -0.39 is 0 Å². The molecule has 0 aliphatic carbocycles. The van der Waals surface area contributed by atoms with E-state index in [1.165, 1.54) is 4.80 Å². The van der Waals surface area contributed by atoms with Crippen LogP contribution in [-0.4, -0.2) is 66.8 Å². The van der Waals surface area contributed by atoms with Crippen LogP contribution in [0.1, 0.15) is 43.2 Å². The van der Waals surface area contributed by atoms with E-state index in [4.69, 9.17) is 0 Å². The number of para-hydroxylation sites is 1. The number of carbonyl (C=O) groups is 2. The number of rotatable bonds is 4. The van der Waals surface area contributed by atoms with Crippen LogP contribution in [0.25, 0.3) is 11.0 Å². The van der Waals surface area contributed by atoms with Crippen LogP contribution in [0, 0.1) is 0 Å². The van der Waals surface area contributed by atoms with E-state index in [1.54, 1.807) is 18.3 Å². The fraction of sp³-hybridized carbons (Fsp3) is 0.414. The van der Waals surface area contributed by atoms with E-state index in [0.717, 1.165) is 59.5 Å². The SMILES string of the molecule is CC(=O)N1CCC2CCCC(CN(C(=O)Cn3nc4ccccc4n3)Cc3ccccc31)N2Cc1nccs1. The summed E-state index contributed by atoms with van der Waals surface area (Å²) in [6, 6.07) is 16.1. The second kappa shape index (κ2) is 11.2. The summed E-state index contributed by atoms with van der Waals surface area (Å²) in [6.07, 6.45) is 5.94. The van der Waals surface area contributed by atoms with Gasteiger partial charge in [0.25, 0.3) is 0 Å². The van der Waals surface area contributed by atoms with Gasteiger partial charge in [-0.1, -0.05) is 36.8 Å². The first-order chi connectivity index (χ1) is 19.0. The molecule has 1 fully saturated rings. The number of piperidine rings is 1. The third kappa shape index (κ3) is 5.58. The van der Waals surface area contributed by atoms with Gasteiger partial charge in [-0.3, -0.25) is 14.5 Å². The molecule has 2 unspecified atom stereocenters. The van der Waals surface area contributed by atoms with Gasteiger partial charge in [0.2, 0.25) is 11.8 Å². The normalized spacial score (nSPS) is 20.4. The van der Waals surface area contributed by atoms with Crippen molar-refractivity contribution in [1.29, 1.82) is 0 Å². The van der Waals surface area contributed by atoms with Gasteiger partial charge in [-0.05, 0) is 43.0 Å². The van der Waals surface area contributed by atoms with Crippen molar-refractivity contribution >= 4 is 39.9 Å². The fourth-order valence-corrected chi connectivity index (χ4v) is 6.64. The zero-order valence-corrected chi connectivity index (χ0v) is 23.0. The third-order valence-electron chi connectivity index (χ3n) is 7.91. The molecular formula is C29H33N7O2S. The average molecular weight is 544 g/mol. The maximum absolute atomic E-state index is 13.9. The first kappa shape index (κ1) is 25.6. The summed E-state index contributed by atoms with van der Waals surface area (Å²) in [5.74, 6) is -0.0131. The van der Waals surface area contributed by atoms with E-state index >= 15 is 0 Å². The average Bonchev–Trinajstić information content (AvgIpc) is 3.59. The van der Waals surface area contributed by atoms with E-state index in [-0.39, 0.29) is 24.4 Å². The molecule has 2 aliphatic rings. The number of carbonyl (C=O) groups excluding carboxylic acids is 2. The zero-order chi connectivity index (χ0) is 26.8.